The SMILES string of the molecule is O=C(Nc1cccc(F)c1C(=O)O)c1cc(Br)ccc1I. The van der Waals surface area contributed by atoms with Crippen molar-refractivity contribution in [2.45, 2.75) is 0 Å². The van der Waals surface area contributed by atoms with Crippen LogP contribution in [0.2, 0.25) is 0 Å². The fourth-order valence-electron chi connectivity index (χ4n) is 1.71. The molecule has 1 amide bonds. The van der Waals surface area contributed by atoms with Crippen LogP contribution in [0.15, 0.2) is 40.9 Å². The molecule has 0 aliphatic heterocycles. The number of carboxylic acids is 1. The minimum atomic E-state index is -1.44. The quantitative estimate of drug-likeness (QED) is 0.672. The van der Waals surface area contributed by atoms with E-state index in [1.807, 2.05) is 22.6 Å². The molecular formula is C14H8BrFINO3. The molecule has 2 rings (SSSR count). The second-order valence-electron chi connectivity index (χ2n) is 4.05. The second-order valence-corrected chi connectivity index (χ2v) is 6.12. The van der Waals surface area contributed by atoms with Gasteiger partial charge in [-0.2, -0.15) is 0 Å². The first kappa shape index (κ1) is 15.9. The number of rotatable bonds is 3. The van der Waals surface area contributed by atoms with Crippen molar-refractivity contribution in [3.8, 4) is 0 Å². The molecule has 108 valence electrons. The smallest absolute Gasteiger partial charge is 0.340 e. The maximum Gasteiger partial charge on any atom is 0.340 e. The van der Waals surface area contributed by atoms with Gasteiger partial charge in [-0.3, -0.25) is 4.79 Å². The summed E-state index contributed by atoms with van der Waals surface area (Å²) >= 11 is 5.25. The maximum atomic E-state index is 13.6. The van der Waals surface area contributed by atoms with E-state index >= 15 is 0 Å². The van der Waals surface area contributed by atoms with Crippen LogP contribution >= 0.6 is 38.5 Å². The molecule has 2 N–H and O–H groups in total. The van der Waals surface area contributed by atoms with Gasteiger partial charge in [-0.05, 0) is 52.9 Å². The van der Waals surface area contributed by atoms with Gasteiger partial charge in [0.2, 0.25) is 0 Å². The lowest BCUT2D eigenvalue weighted by Gasteiger charge is -2.10. The summed E-state index contributed by atoms with van der Waals surface area (Å²) in [5.41, 5.74) is -0.273. The van der Waals surface area contributed by atoms with Crippen molar-refractivity contribution in [2.75, 3.05) is 5.32 Å². The normalized spacial score (nSPS) is 10.2. The number of hydrogen-bond donors (Lipinski definition) is 2. The van der Waals surface area contributed by atoms with Gasteiger partial charge in [-0.25, -0.2) is 9.18 Å². The first-order chi connectivity index (χ1) is 9.90. The highest BCUT2D eigenvalue weighted by Gasteiger charge is 2.19. The number of aromatic carboxylic acids is 1. The van der Waals surface area contributed by atoms with Crippen LogP contribution in [0.5, 0.6) is 0 Å². The van der Waals surface area contributed by atoms with Crippen LogP contribution in [-0.2, 0) is 0 Å². The summed E-state index contributed by atoms with van der Waals surface area (Å²) in [5, 5.41) is 11.5. The zero-order valence-corrected chi connectivity index (χ0v) is 14.1. The standard InChI is InChI=1S/C14H8BrFINO3/c15-7-4-5-10(17)8(6-7)13(19)18-11-3-1-2-9(16)12(11)14(20)21/h1-6H,(H,18,19)(H,20,21). The summed E-state index contributed by atoms with van der Waals surface area (Å²) in [5.74, 6) is -2.84. The van der Waals surface area contributed by atoms with E-state index in [9.17, 15) is 14.0 Å². The van der Waals surface area contributed by atoms with Crippen LogP contribution in [0.4, 0.5) is 10.1 Å². The summed E-state index contributed by atoms with van der Waals surface area (Å²) in [6.45, 7) is 0. The third-order valence-electron chi connectivity index (χ3n) is 2.65. The van der Waals surface area contributed by atoms with Crippen LogP contribution in [0, 0.1) is 9.39 Å². The Morgan fingerprint density at radius 2 is 1.95 bits per heavy atom. The molecule has 2 aromatic rings. The van der Waals surface area contributed by atoms with E-state index in [-0.39, 0.29) is 5.69 Å². The third-order valence-corrected chi connectivity index (χ3v) is 4.08. The van der Waals surface area contributed by atoms with Gasteiger partial charge in [-0.1, -0.05) is 22.0 Å². The average Bonchev–Trinajstić information content (AvgIpc) is 2.41. The van der Waals surface area contributed by atoms with E-state index in [1.54, 1.807) is 18.2 Å². The van der Waals surface area contributed by atoms with Crippen molar-refractivity contribution in [3.63, 3.8) is 0 Å². The Bertz CT molecular complexity index is 736. The lowest BCUT2D eigenvalue weighted by molar-refractivity contribution is 0.0693. The zero-order chi connectivity index (χ0) is 15.6. The Hall–Kier alpha value is -1.48. The number of anilines is 1. The van der Waals surface area contributed by atoms with Crippen LogP contribution in [-0.4, -0.2) is 17.0 Å². The molecule has 0 unspecified atom stereocenters. The van der Waals surface area contributed by atoms with Gasteiger partial charge in [-0.15, -0.1) is 0 Å². The van der Waals surface area contributed by atoms with E-state index in [0.29, 0.717) is 13.6 Å². The minimum absolute atomic E-state index is 0.0803. The number of nitrogens with one attached hydrogen (secondary N) is 1. The lowest BCUT2D eigenvalue weighted by Crippen LogP contribution is -2.16. The number of amides is 1. The highest BCUT2D eigenvalue weighted by molar-refractivity contribution is 14.1. The lowest BCUT2D eigenvalue weighted by atomic mass is 10.1. The van der Waals surface area contributed by atoms with Gasteiger partial charge in [0, 0.05) is 8.04 Å². The van der Waals surface area contributed by atoms with Crippen molar-refractivity contribution in [1.82, 2.24) is 0 Å². The largest absolute Gasteiger partial charge is 0.478 e. The van der Waals surface area contributed by atoms with E-state index in [4.69, 9.17) is 5.11 Å². The van der Waals surface area contributed by atoms with Gasteiger partial charge in [0.15, 0.2) is 0 Å². The maximum absolute atomic E-state index is 13.6. The van der Waals surface area contributed by atoms with Crippen LogP contribution in [0.25, 0.3) is 0 Å². The Morgan fingerprint density at radius 1 is 1.24 bits per heavy atom. The van der Waals surface area contributed by atoms with E-state index in [2.05, 4.69) is 21.2 Å². The van der Waals surface area contributed by atoms with Crippen molar-refractivity contribution >= 4 is 56.1 Å². The molecule has 2 aromatic carbocycles. The first-order valence-corrected chi connectivity index (χ1v) is 7.55. The first-order valence-electron chi connectivity index (χ1n) is 5.68. The van der Waals surface area contributed by atoms with Crippen LogP contribution in [0.1, 0.15) is 20.7 Å². The van der Waals surface area contributed by atoms with Crippen LogP contribution < -0.4 is 5.32 Å². The van der Waals surface area contributed by atoms with Crippen molar-refractivity contribution in [3.05, 3.63) is 61.4 Å². The van der Waals surface area contributed by atoms with E-state index in [0.717, 1.165) is 6.07 Å². The number of carboxylic acid groups (broad SMARTS) is 1. The fraction of sp³-hybridized carbons (Fsp3) is 0. The van der Waals surface area contributed by atoms with E-state index in [1.165, 1.54) is 12.1 Å². The number of carbonyl (C=O) groups is 2. The summed E-state index contributed by atoms with van der Waals surface area (Å²) in [7, 11) is 0. The van der Waals surface area contributed by atoms with Gasteiger partial charge in [0.05, 0.1) is 11.3 Å². The predicted molar refractivity (Wildman–Crippen MR) is 88.2 cm³/mol. The number of halogens is 3. The molecule has 0 aliphatic carbocycles. The minimum Gasteiger partial charge on any atom is -0.478 e. The Labute approximate surface area is 141 Å². The molecule has 0 heterocycles. The monoisotopic (exact) mass is 463 g/mol. The summed E-state index contributed by atoms with van der Waals surface area (Å²) in [6, 6.07) is 8.84. The molecule has 0 spiro atoms. The van der Waals surface area contributed by atoms with Crippen molar-refractivity contribution < 1.29 is 19.1 Å². The fourth-order valence-corrected chi connectivity index (χ4v) is 2.65. The predicted octanol–water partition coefficient (Wildman–Crippen LogP) is 4.14. The van der Waals surface area contributed by atoms with Gasteiger partial charge in [0.1, 0.15) is 11.4 Å². The molecule has 21 heavy (non-hydrogen) atoms. The second kappa shape index (κ2) is 6.52. The summed E-state index contributed by atoms with van der Waals surface area (Å²) in [6.07, 6.45) is 0. The summed E-state index contributed by atoms with van der Waals surface area (Å²) in [4.78, 5) is 23.3. The number of hydrogen-bond acceptors (Lipinski definition) is 2. The molecule has 0 atom stereocenters. The highest BCUT2D eigenvalue weighted by Crippen LogP contribution is 2.23. The molecule has 7 heteroatoms. The summed E-state index contributed by atoms with van der Waals surface area (Å²) < 4.78 is 15.0. The zero-order valence-electron chi connectivity index (χ0n) is 10.4. The Balaban J connectivity index is 2.39. The van der Waals surface area contributed by atoms with Gasteiger partial charge >= 0.3 is 5.97 Å². The van der Waals surface area contributed by atoms with Gasteiger partial charge in [0.25, 0.3) is 5.91 Å². The molecule has 0 saturated heterocycles. The van der Waals surface area contributed by atoms with E-state index < -0.39 is 23.3 Å². The average molecular weight is 464 g/mol. The Morgan fingerprint density at radius 3 is 2.62 bits per heavy atom. The highest BCUT2D eigenvalue weighted by atomic mass is 127. The third kappa shape index (κ3) is 3.59. The van der Waals surface area contributed by atoms with Gasteiger partial charge < -0.3 is 10.4 Å². The molecule has 0 bridgehead atoms. The number of carbonyl (C=O) groups excluding carboxylic acids is 1. The molecule has 0 aromatic heterocycles. The van der Waals surface area contributed by atoms with Crippen molar-refractivity contribution in [2.24, 2.45) is 0 Å². The topological polar surface area (TPSA) is 66.4 Å². The molecular weight excluding hydrogens is 456 g/mol. The molecule has 4 nitrogen and oxygen atoms in total. The Kier molecular flexibility index (Phi) is 4.94. The molecule has 0 aliphatic rings. The van der Waals surface area contributed by atoms with Crippen molar-refractivity contribution in [1.29, 1.82) is 0 Å². The molecule has 0 saturated carbocycles. The van der Waals surface area contributed by atoms with Crippen LogP contribution in [0.3, 0.4) is 0 Å². The molecule has 0 radical (unpaired) electrons. The molecule has 0 fully saturated rings. The number of benzene rings is 2.